The van der Waals surface area contributed by atoms with Gasteiger partial charge in [-0.15, -0.1) is 0 Å². The summed E-state index contributed by atoms with van der Waals surface area (Å²) in [6, 6.07) is 11.3. The molecule has 0 fully saturated rings. The Bertz CT molecular complexity index is 958. The van der Waals surface area contributed by atoms with Crippen molar-refractivity contribution in [2.45, 2.75) is 0 Å². The summed E-state index contributed by atoms with van der Waals surface area (Å²) in [4.78, 5) is 24.7. The van der Waals surface area contributed by atoms with E-state index in [0.29, 0.717) is 17.2 Å². The van der Waals surface area contributed by atoms with Crippen LogP contribution >= 0.6 is 0 Å². The van der Waals surface area contributed by atoms with E-state index in [1.807, 2.05) is 41.2 Å². The molecule has 25 heavy (non-hydrogen) atoms. The Morgan fingerprint density at radius 2 is 1.64 bits per heavy atom. The molecule has 0 spiro atoms. The summed E-state index contributed by atoms with van der Waals surface area (Å²) in [5, 5.41) is 2.79. The lowest BCUT2D eigenvalue weighted by Gasteiger charge is -2.07. The first kappa shape index (κ1) is 14.8. The predicted molar refractivity (Wildman–Crippen MR) is 92.9 cm³/mol. The van der Waals surface area contributed by atoms with Crippen LogP contribution in [0.15, 0.2) is 79.9 Å². The first-order valence-corrected chi connectivity index (χ1v) is 7.65. The summed E-state index contributed by atoms with van der Waals surface area (Å²) in [7, 11) is 0. The Morgan fingerprint density at radius 1 is 0.920 bits per heavy atom. The molecule has 1 amide bonds. The zero-order chi connectivity index (χ0) is 17.1. The number of nitrogens with zero attached hydrogens (tertiary/aromatic N) is 5. The summed E-state index contributed by atoms with van der Waals surface area (Å²) < 4.78 is 3.66. The van der Waals surface area contributed by atoms with Crippen LogP contribution in [0.1, 0.15) is 10.4 Å². The minimum atomic E-state index is -0.210. The van der Waals surface area contributed by atoms with E-state index in [1.165, 1.54) is 0 Å². The molecule has 0 saturated heterocycles. The van der Waals surface area contributed by atoms with E-state index >= 15 is 0 Å². The number of benzene rings is 1. The number of hydrogen-bond acceptors (Lipinski definition) is 4. The molecule has 7 heteroatoms. The molecule has 0 aliphatic heterocycles. The highest BCUT2D eigenvalue weighted by Crippen LogP contribution is 2.12. The second kappa shape index (κ2) is 6.40. The normalized spacial score (nSPS) is 10.6. The van der Waals surface area contributed by atoms with Crippen LogP contribution < -0.4 is 5.32 Å². The zero-order valence-corrected chi connectivity index (χ0v) is 13.1. The summed E-state index contributed by atoms with van der Waals surface area (Å²) in [5.41, 5.74) is 2.09. The molecule has 7 nitrogen and oxygen atoms in total. The molecule has 0 aliphatic rings. The van der Waals surface area contributed by atoms with Crippen LogP contribution in [0.5, 0.6) is 0 Å². The first-order chi connectivity index (χ1) is 12.3. The van der Waals surface area contributed by atoms with Gasteiger partial charge in [0, 0.05) is 36.0 Å². The molecular formula is C18H14N6O. The maximum absolute atomic E-state index is 12.3. The summed E-state index contributed by atoms with van der Waals surface area (Å²) in [6.07, 6.45) is 12.0. The molecule has 0 bridgehead atoms. The third-order valence-corrected chi connectivity index (χ3v) is 3.66. The van der Waals surface area contributed by atoms with Crippen LogP contribution in [0.3, 0.4) is 0 Å². The van der Waals surface area contributed by atoms with E-state index in [4.69, 9.17) is 0 Å². The summed E-state index contributed by atoms with van der Waals surface area (Å²) in [6.45, 7) is 0. The monoisotopic (exact) mass is 330 g/mol. The quantitative estimate of drug-likeness (QED) is 0.624. The van der Waals surface area contributed by atoms with Crippen molar-refractivity contribution in [3.63, 3.8) is 0 Å². The summed E-state index contributed by atoms with van der Waals surface area (Å²) in [5.74, 6) is 0.282. The number of amides is 1. The second-order valence-corrected chi connectivity index (χ2v) is 5.33. The standard InChI is InChI=1S/C18H14N6O/c25-17(14-3-5-16(6-4-14)23-8-1-2-9-23)22-15-11-20-18(21-12-15)24-10-7-19-13-24/h1-13H,(H,22,25). The molecule has 4 aromatic rings. The van der Waals surface area contributed by atoms with Gasteiger partial charge in [0.1, 0.15) is 6.33 Å². The topological polar surface area (TPSA) is 77.6 Å². The molecule has 1 aromatic carbocycles. The maximum atomic E-state index is 12.3. The van der Waals surface area contributed by atoms with Gasteiger partial charge in [0.05, 0.1) is 18.1 Å². The minimum Gasteiger partial charge on any atom is -0.324 e. The van der Waals surface area contributed by atoms with E-state index in [-0.39, 0.29) is 5.91 Å². The van der Waals surface area contributed by atoms with Crippen molar-refractivity contribution in [2.75, 3.05) is 5.32 Å². The smallest absolute Gasteiger partial charge is 0.255 e. The van der Waals surface area contributed by atoms with Gasteiger partial charge in [0.2, 0.25) is 5.95 Å². The number of carbonyl (C=O) groups excluding carboxylic acids is 1. The molecule has 0 saturated carbocycles. The average molecular weight is 330 g/mol. The van der Waals surface area contributed by atoms with Gasteiger partial charge in [-0.2, -0.15) is 0 Å². The molecule has 0 radical (unpaired) electrons. The predicted octanol–water partition coefficient (Wildman–Crippen LogP) is 2.71. The lowest BCUT2D eigenvalue weighted by atomic mass is 10.2. The van der Waals surface area contributed by atoms with E-state index in [0.717, 1.165) is 5.69 Å². The lowest BCUT2D eigenvalue weighted by molar-refractivity contribution is 0.102. The molecule has 0 atom stereocenters. The largest absolute Gasteiger partial charge is 0.324 e. The number of anilines is 1. The van der Waals surface area contributed by atoms with Crippen LogP contribution in [0.2, 0.25) is 0 Å². The van der Waals surface area contributed by atoms with Crippen molar-refractivity contribution < 1.29 is 4.79 Å². The molecular weight excluding hydrogens is 316 g/mol. The van der Waals surface area contributed by atoms with Crippen LogP contribution in [0.25, 0.3) is 11.6 Å². The van der Waals surface area contributed by atoms with Gasteiger partial charge in [0.15, 0.2) is 0 Å². The van der Waals surface area contributed by atoms with Gasteiger partial charge < -0.3 is 9.88 Å². The average Bonchev–Trinajstić information content (AvgIpc) is 3.36. The summed E-state index contributed by atoms with van der Waals surface area (Å²) >= 11 is 0. The number of carbonyl (C=O) groups is 1. The fraction of sp³-hybridized carbons (Fsp3) is 0. The Balaban J connectivity index is 1.46. The van der Waals surface area contributed by atoms with Crippen molar-refractivity contribution in [1.82, 2.24) is 24.1 Å². The zero-order valence-electron chi connectivity index (χ0n) is 13.1. The number of imidazole rings is 1. The Kier molecular flexibility index (Phi) is 3.80. The minimum absolute atomic E-state index is 0.210. The van der Waals surface area contributed by atoms with Gasteiger partial charge in [-0.3, -0.25) is 9.36 Å². The van der Waals surface area contributed by atoms with Gasteiger partial charge >= 0.3 is 0 Å². The Morgan fingerprint density at radius 3 is 2.28 bits per heavy atom. The fourth-order valence-corrected chi connectivity index (χ4v) is 2.39. The Hall–Kier alpha value is -3.74. The van der Waals surface area contributed by atoms with E-state index in [1.54, 1.807) is 47.8 Å². The van der Waals surface area contributed by atoms with Crippen LogP contribution in [-0.2, 0) is 0 Å². The van der Waals surface area contributed by atoms with Crippen molar-refractivity contribution in [3.8, 4) is 11.6 Å². The number of hydrogen-bond donors (Lipinski definition) is 1. The highest BCUT2D eigenvalue weighted by Gasteiger charge is 2.07. The van der Waals surface area contributed by atoms with Crippen LogP contribution in [0.4, 0.5) is 5.69 Å². The second-order valence-electron chi connectivity index (χ2n) is 5.33. The van der Waals surface area contributed by atoms with E-state index < -0.39 is 0 Å². The lowest BCUT2D eigenvalue weighted by Crippen LogP contribution is -2.12. The number of rotatable bonds is 4. The molecule has 0 unspecified atom stereocenters. The maximum Gasteiger partial charge on any atom is 0.255 e. The number of nitrogens with one attached hydrogen (secondary N) is 1. The fourth-order valence-electron chi connectivity index (χ4n) is 2.39. The van der Waals surface area contributed by atoms with Gasteiger partial charge in [-0.25, -0.2) is 15.0 Å². The van der Waals surface area contributed by atoms with Gasteiger partial charge in [-0.05, 0) is 36.4 Å². The van der Waals surface area contributed by atoms with E-state index in [2.05, 4.69) is 20.3 Å². The van der Waals surface area contributed by atoms with Crippen molar-refractivity contribution in [1.29, 1.82) is 0 Å². The third-order valence-electron chi connectivity index (χ3n) is 3.66. The molecule has 3 heterocycles. The van der Waals surface area contributed by atoms with Gasteiger partial charge in [0.25, 0.3) is 5.91 Å². The Labute approximate surface area is 143 Å². The third kappa shape index (κ3) is 3.16. The highest BCUT2D eigenvalue weighted by atomic mass is 16.1. The molecule has 0 aliphatic carbocycles. The SMILES string of the molecule is O=C(Nc1cnc(-n2ccnc2)nc1)c1ccc(-n2cccc2)cc1. The van der Waals surface area contributed by atoms with E-state index in [9.17, 15) is 4.79 Å². The number of aromatic nitrogens is 5. The molecule has 122 valence electrons. The van der Waals surface area contributed by atoms with Crippen LogP contribution in [0, 0.1) is 0 Å². The molecule has 4 rings (SSSR count). The molecule has 1 N–H and O–H groups in total. The van der Waals surface area contributed by atoms with Gasteiger partial charge in [-0.1, -0.05) is 0 Å². The van der Waals surface area contributed by atoms with Crippen molar-refractivity contribution in [2.24, 2.45) is 0 Å². The van der Waals surface area contributed by atoms with Crippen LogP contribution in [-0.4, -0.2) is 30.0 Å². The first-order valence-electron chi connectivity index (χ1n) is 7.65. The van der Waals surface area contributed by atoms with Crippen molar-refractivity contribution in [3.05, 3.63) is 85.5 Å². The molecule has 3 aromatic heterocycles. The van der Waals surface area contributed by atoms with Crippen molar-refractivity contribution >= 4 is 11.6 Å². The highest BCUT2D eigenvalue weighted by molar-refractivity contribution is 6.04.